The number of ether oxygens (including phenoxy) is 1. The predicted octanol–water partition coefficient (Wildman–Crippen LogP) is 0.433. The average Bonchev–Trinajstić information content (AvgIpc) is 2.69. The first-order chi connectivity index (χ1) is 9.47. The lowest BCUT2D eigenvalue weighted by Crippen LogP contribution is -2.31. The van der Waals surface area contributed by atoms with Crippen LogP contribution in [0.15, 0.2) is 32.0 Å². The van der Waals surface area contributed by atoms with Crippen LogP contribution in [-0.2, 0) is 4.79 Å². The van der Waals surface area contributed by atoms with Gasteiger partial charge in [0.05, 0.1) is 15.0 Å². The maximum atomic E-state index is 11.4. The highest BCUT2D eigenvalue weighted by Crippen LogP contribution is 2.26. The SMILES string of the molecule is C=c1[nH]oc(=O)c1=Cc1ccc(OCC(=O)O)c(Br)c1. The predicted molar refractivity (Wildman–Crippen MR) is 74.9 cm³/mol. The van der Waals surface area contributed by atoms with Gasteiger partial charge in [0.2, 0.25) is 0 Å². The molecule has 0 bridgehead atoms. The number of hydrogen-bond acceptors (Lipinski definition) is 4. The van der Waals surface area contributed by atoms with Gasteiger partial charge < -0.3 is 14.4 Å². The van der Waals surface area contributed by atoms with Crippen molar-refractivity contribution >= 4 is 34.6 Å². The first kappa shape index (κ1) is 14.1. The van der Waals surface area contributed by atoms with E-state index in [0.717, 1.165) is 5.56 Å². The molecule has 0 saturated carbocycles. The van der Waals surface area contributed by atoms with E-state index >= 15 is 0 Å². The van der Waals surface area contributed by atoms with Crippen molar-refractivity contribution in [3.63, 3.8) is 0 Å². The van der Waals surface area contributed by atoms with E-state index in [4.69, 9.17) is 9.84 Å². The van der Waals surface area contributed by atoms with E-state index in [2.05, 4.69) is 32.2 Å². The number of carboxylic acids is 1. The summed E-state index contributed by atoms with van der Waals surface area (Å²) in [4.78, 5) is 21.8. The van der Waals surface area contributed by atoms with Crippen LogP contribution < -0.4 is 20.9 Å². The van der Waals surface area contributed by atoms with Crippen molar-refractivity contribution in [1.82, 2.24) is 5.16 Å². The van der Waals surface area contributed by atoms with Gasteiger partial charge in [-0.15, -0.1) is 0 Å². The van der Waals surface area contributed by atoms with E-state index in [0.29, 0.717) is 20.8 Å². The maximum Gasteiger partial charge on any atom is 0.365 e. The van der Waals surface area contributed by atoms with Crippen molar-refractivity contribution in [2.75, 3.05) is 6.61 Å². The summed E-state index contributed by atoms with van der Waals surface area (Å²) in [6.45, 7) is 3.22. The van der Waals surface area contributed by atoms with Gasteiger partial charge in [0, 0.05) is 0 Å². The number of H-pyrrole nitrogens is 1. The molecule has 0 aliphatic carbocycles. The second-order valence-electron chi connectivity index (χ2n) is 3.90. The molecule has 2 aromatic rings. The number of carbonyl (C=O) groups is 1. The highest BCUT2D eigenvalue weighted by atomic mass is 79.9. The Bertz CT molecular complexity index is 774. The minimum atomic E-state index is -1.06. The molecular weight excluding hydrogens is 330 g/mol. The molecule has 104 valence electrons. The van der Waals surface area contributed by atoms with Crippen molar-refractivity contribution < 1.29 is 19.2 Å². The Kier molecular flexibility index (Phi) is 4.09. The van der Waals surface area contributed by atoms with Crippen LogP contribution in [0.5, 0.6) is 5.75 Å². The fraction of sp³-hybridized carbons (Fsp3) is 0.0769. The van der Waals surface area contributed by atoms with Gasteiger partial charge in [-0.2, -0.15) is 0 Å². The second-order valence-corrected chi connectivity index (χ2v) is 4.75. The molecule has 0 unspecified atom stereocenters. The quantitative estimate of drug-likeness (QED) is 0.842. The number of rotatable bonds is 4. The fourth-order valence-electron chi connectivity index (χ4n) is 1.52. The lowest BCUT2D eigenvalue weighted by atomic mass is 10.2. The summed E-state index contributed by atoms with van der Waals surface area (Å²) in [5.41, 5.74) is 0.216. The average molecular weight is 340 g/mol. The molecule has 20 heavy (non-hydrogen) atoms. The van der Waals surface area contributed by atoms with Crippen molar-refractivity contribution in [2.24, 2.45) is 0 Å². The van der Waals surface area contributed by atoms with Crippen LogP contribution in [0.3, 0.4) is 0 Å². The van der Waals surface area contributed by atoms with E-state index in [-0.39, 0.29) is 0 Å². The van der Waals surface area contributed by atoms with Gasteiger partial charge >= 0.3 is 11.6 Å². The maximum absolute atomic E-state index is 11.4. The molecule has 0 radical (unpaired) electrons. The lowest BCUT2D eigenvalue weighted by molar-refractivity contribution is -0.139. The molecule has 7 heteroatoms. The fourth-order valence-corrected chi connectivity index (χ4v) is 2.03. The largest absolute Gasteiger partial charge is 0.481 e. The molecule has 0 saturated heterocycles. The van der Waals surface area contributed by atoms with Crippen molar-refractivity contribution in [3.05, 3.63) is 49.2 Å². The van der Waals surface area contributed by atoms with Crippen LogP contribution in [0.25, 0.3) is 12.7 Å². The number of hydrogen-bond donors (Lipinski definition) is 2. The third-order valence-electron chi connectivity index (χ3n) is 2.43. The van der Waals surface area contributed by atoms with E-state index in [9.17, 15) is 9.59 Å². The Morgan fingerprint density at radius 2 is 2.30 bits per heavy atom. The summed E-state index contributed by atoms with van der Waals surface area (Å²) in [7, 11) is 0. The van der Waals surface area contributed by atoms with Gasteiger partial charge in [0.25, 0.3) is 0 Å². The third-order valence-corrected chi connectivity index (χ3v) is 3.05. The third kappa shape index (κ3) is 3.18. The summed E-state index contributed by atoms with van der Waals surface area (Å²) in [5, 5.41) is 11.7. The van der Waals surface area contributed by atoms with Gasteiger partial charge in [-0.1, -0.05) is 12.6 Å². The lowest BCUT2D eigenvalue weighted by Gasteiger charge is -2.06. The van der Waals surface area contributed by atoms with Gasteiger partial charge in [0.15, 0.2) is 6.61 Å². The topological polar surface area (TPSA) is 92.5 Å². The van der Waals surface area contributed by atoms with E-state index < -0.39 is 18.2 Å². The molecule has 2 N–H and O–H groups in total. The van der Waals surface area contributed by atoms with Crippen LogP contribution >= 0.6 is 15.9 Å². The van der Waals surface area contributed by atoms with Crippen molar-refractivity contribution in [3.8, 4) is 5.75 Å². The second kappa shape index (κ2) is 5.79. The number of carboxylic acid groups (broad SMARTS) is 1. The molecule has 1 aromatic carbocycles. The summed E-state index contributed by atoms with van der Waals surface area (Å²) in [6.07, 6.45) is 1.61. The first-order valence-corrected chi connectivity index (χ1v) is 6.29. The molecular formula is C13H10BrNO5. The number of nitrogens with one attached hydrogen (secondary N) is 1. The Morgan fingerprint density at radius 3 is 2.85 bits per heavy atom. The van der Waals surface area contributed by atoms with Crippen LogP contribution in [0.4, 0.5) is 0 Å². The van der Waals surface area contributed by atoms with E-state index in [1.165, 1.54) is 0 Å². The molecule has 2 rings (SSSR count). The molecule has 0 fully saturated rings. The summed E-state index contributed by atoms with van der Waals surface area (Å²) < 4.78 is 10.3. The van der Waals surface area contributed by atoms with Crippen LogP contribution in [0, 0.1) is 0 Å². The van der Waals surface area contributed by atoms with E-state index in [1.807, 2.05) is 0 Å². The van der Waals surface area contributed by atoms with Gasteiger partial charge in [0.1, 0.15) is 5.75 Å². The molecule has 6 nitrogen and oxygen atoms in total. The normalized spacial score (nSPS) is 11.6. The molecule has 0 amide bonds. The molecule has 0 aliphatic rings. The van der Waals surface area contributed by atoms with E-state index in [1.54, 1.807) is 24.3 Å². The van der Waals surface area contributed by atoms with Crippen LogP contribution in [-0.4, -0.2) is 22.8 Å². The number of aromatic amines is 1. The highest BCUT2D eigenvalue weighted by molar-refractivity contribution is 9.10. The van der Waals surface area contributed by atoms with Crippen LogP contribution in [0.2, 0.25) is 0 Å². The zero-order chi connectivity index (χ0) is 14.7. The Hall–Kier alpha value is -2.28. The zero-order valence-corrected chi connectivity index (χ0v) is 11.8. The Morgan fingerprint density at radius 1 is 1.55 bits per heavy atom. The molecule has 0 aliphatic heterocycles. The summed E-state index contributed by atoms with van der Waals surface area (Å²) >= 11 is 3.28. The zero-order valence-electron chi connectivity index (χ0n) is 10.2. The first-order valence-electron chi connectivity index (χ1n) is 5.49. The molecule has 0 spiro atoms. The number of aliphatic carboxylic acids is 1. The number of aromatic nitrogens is 1. The van der Waals surface area contributed by atoms with Gasteiger partial charge in [-0.25, -0.2) is 14.7 Å². The smallest absolute Gasteiger partial charge is 0.365 e. The standard InChI is InChI=1S/C13H10BrNO5/c1-7-9(13(18)20-15-7)4-8-2-3-11(10(14)5-8)19-6-12(16)17/h2-5,15H,1,6H2,(H,16,17). The van der Waals surface area contributed by atoms with Crippen molar-refractivity contribution in [1.29, 1.82) is 0 Å². The molecule has 1 aromatic heterocycles. The summed E-state index contributed by atoms with van der Waals surface area (Å²) in [5.74, 6) is -0.653. The minimum Gasteiger partial charge on any atom is -0.481 e. The monoisotopic (exact) mass is 339 g/mol. The van der Waals surface area contributed by atoms with Crippen LogP contribution in [0.1, 0.15) is 5.56 Å². The molecule has 0 atom stereocenters. The highest BCUT2D eigenvalue weighted by Gasteiger charge is 2.05. The molecule has 1 heterocycles. The van der Waals surface area contributed by atoms with Gasteiger partial charge in [-0.3, -0.25) is 0 Å². The summed E-state index contributed by atoms with van der Waals surface area (Å²) in [6, 6.07) is 4.99. The minimum absolute atomic E-state index is 0.330. The van der Waals surface area contributed by atoms with Gasteiger partial charge in [-0.05, 0) is 39.7 Å². The number of halogens is 1. The number of benzene rings is 1. The van der Waals surface area contributed by atoms with Crippen molar-refractivity contribution in [2.45, 2.75) is 0 Å². The Balaban J connectivity index is 2.35. The Labute approximate surface area is 121 Å².